The minimum atomic E-state index is -1.74. The van der Waals surface area contributed by atoms with Crippen LogP contribution in [0.3, 0.4) is 0 Å². The SMILES string of the molecule is CC1(c2cc(F)ccc2F)NC(=O)N(Cc2ccn(-c3cccc(F)c3)n2)C1=O. The Morgan fingerprint density at radius 3 is 2.55 bits per heavy atom. The maximum Gasteiger partial charge on any atom is 0.325 e. The summed E-state index contributed by atoms with van der Waals surface area (Å²) < 4.78 is 42.6. The van der Waals surface area contributed by atoms with Gasteiger partial charge in [0.2, 0.25) is 0 Å². The van der Waals surface area contributed by atoms with Gasteiger partial charge in [0.1, 0.15) is 23.0 Å². The van der Waals surface area contributed by atoms with Crippen LogP contribution in [0.4, 0.5) is 18.0 Å². The van der Waals surface area contributed by atoms with E-state index in [4.69, 9.17) is 0 Å². The molecular formula is C20H15F3N4O2. The second kappa shape index (κ2) is 6.77. The summed E-state index contributed by atoms with van der Waals surface area (Å²) in [5.41, 5.74) is -1.17. The third-order valence-corrected chi connectivity index (χ3v) is 4.78. The lowest BCUT2D eigenvalue weighted by atomic mass is 9.91. The molecule has 0 spiro atoms. The number of carbonyl (C=O) groups excluding carboxylic acids is 2. The van der Waals surface area contributed by atoms with E-state index < -0.39 is 34.9 Å². The van der Waals surface area contributed by atoms with Crippen LogP contribution in [0.1, 0.15) is 18.2 Å². The van der Waals surface area contributed by atoms with Gasteiger partial charge in [0, 0.05) is 11.8 Å². The van der Waals surface area contributed by atoms with E-state index in [2.05, 4.69) is 10.4 Å². The van der Waals surface area contributed by atoms with E-state index >= 15 is 0 Å². The Kier molecular flexibility index (Phi) is 4.37. The number of hydrogen-bond donors (Lipinski definition) is 1. The zero-order chi connectivity index (χ0) is 20.8. The number of benzene rings is 2. The molecule has 148 valence electrons. The topological polar surface area (TPSA) is 67.2 Å². The average molecular weight is 400 g/mol. The van der Waals surface area contributed by atoms with Gasteiger partial charge >= 0.3 is 6.03 Å². The zero-order valence-electron chi connectivity index (χ0n) is 15.2. The van der Waals surface area contributed by atoms with Crippen LogP contribution in [0.15, 0.2) is 54.7 Å². The fraction of sp³-hybridized carbons (Fsp3) is 0.150. The van der Waals surface area contributed by atoms with Gasteiger partial charge in [0.15, 0.2) is 0 Å². The fourth-order valence-electron chi connectivity index (χ4n) is 3.27. The highest BCUT2D eigenvalue weighted by Gasteiger charge is 2.50. The molecule has 1 N–H and O–H groups in total. The fourth-order valence-corrected chi connectivity index (χ4v) is 3.27. The van der Waals surface area contributed by atoms with E-state index in [-0.39, 0.29) is 12.1 Å². The smallest absolute Gasteiger partial charge is 0.319 e. The second-order valence-electron chi connectivity index (χ2n) is 6.80. The van der Waals surface area contributed by atoms with Crippen LogP contribution in [0.5, 0.6) is 0 Å². The second-order valence-corrected chi connectivity index (χ2v) is 6.80. The molecule has 29 heavy (non-hydrogen) atoms. The molecule has 2 heterocycles. The highest BCUT2D eigenvalue weighted by Crippen LogP contribution is 2.31. The van der Waals surface area contributed by atoms with Crippen LogP contribution in [-0.4, -0.2) is 26.6 Å². The highest BCUT2D eigenvalue weighted by molar-refractivity contribution is 6.07. The van der Waals surface area contributed by atoms with E-state index in [1.54, 1.807) is 18.3 Å². The summed E-state index contributed by atoms with van der Waals surface area (Å²) in [6, 6.07) is 9.31. The maximum atomic E-state index is 14.2. The molecule has 1 fully saturated rings. The summed E-state index contributed by atoms with van der Waals surface area (Å²) in [7, 11) is 0. The van der Waals surface area contributed by atoms with E-state index in [9.17, 15) is 22.8 Å². The molecule has 1 saturated heterocycles. The van der Waals surface area contributed by atoms with Gasteiger partial charge in [-0.15, -0.1) is 0 Å². The zero-order valence-corrected chi connectivity index (χ0v) is 15.2. The molecular weight excluding hydrogens is 385 g/mol. The first-order valence-electron chi connectivity index (χ1n) is 8.68. The normalized spacial score (nSPS) is 19.0. The van der Waals surface area contributed by atoms with Crippen molar-refractivity contribution in [2.75, 3.05) is 0 Å². The lowest BCUT2D eigenvalue weighted by Crippen LogP contribution is -2.41. The van der Waals surface area contributed by atoms with Crippen molar-refractivity contribution in [1.82, 2.24) is 20.0 Å². The summed E-state index contributed by atoms with van der Waals surface area (Å²) in [5, 5.41) is 6.68. The van der Waals surface area contributed by atoms with Crippen molar-refractivity contribution in [2.45, 2.75) is 19.0 Å². The van der Waals surface area contributed by atoms with Crippen molar-refractivity contribution in [1.29, 1.82) is 0 Å². The van der Waals surface area contributed by atoms with Crippen LogP contribution in [0.25, 0.3) is 5.69 Å². The Balaban J connectivity index is 1.60. The molecule has 2 aromatic carbocycles. The maximum absolute atomic E-state index is 14.2. The van der Waals surface area contributed by atoms with Crippen LogP contribution < -0.4 is 5.32 Å². The molecule has 1 unspecified atom stereocenters. The molecule has 0 bridgehead atoms. The van der Waals surface area contributed by atoms with E-state index in [0.717, 1.165) is 23.1 Å². The summed E-state index contributed by atoms with van der Waals surface area (Å²) in [6.45, 7) is 1.13. The largest absolute Gasteiger partial charge is 0.325 e. The van der Waals surface area contributed by atoms with Gasteiger partial charge in [-0.2, -0.15) is 5.10 Å². The first kappa shape index (κ1) is 18.7. The monoisotopic (exact) mass is 400 g/mol. The number of amides is 3. The third-order valence-electron chi connectivity index (χ3n) is 4.78. The predicted molar refractivity (Wildman–Crippen MR) is 96.3 cm³/mol. The first-order chi connectivity index (χ1) is 13.8. The van der Waals surface area contributed by atoms with Crippen LogP contribution in [-0.2, 0) is 16.9 Å². The number of imide groups is 1. The summed E-state index contributed by atoms with van der Waals surface area (Å²) in [5.74, 6) is -2.69. The first-order valence-corrected chi connectivity index (χ1v) is 8.68. The number of nitrogens with zero attached hydrogens (tertiary/aromatic N) is 3. The van der Waals surface area contributed by atoms with E-state index in [0.29, 0.717) is 11.4 Å². The van der Waals surface area contributed by atoms with Gasteiger partial charge < -0.3 is 5.32 Å². The molecule has 6 nitrogen and oxygen atoms in total. The quantitative estimate of drug-likeness (QED) is 0.684. The molecule has 0 saturated carbocycles. The van der Waals surface area contributed by atoms with Gasteiger partial charge in [-0.1, -0.05) is 6.07 Å². The van der Waals surface area contributed by atoms with Crippen molar-refractivity contribution in [3.05, 3.63) is 83.4 Å². The Hall–Kier alpha value is -3.62. The molecule has 1 aliphatic heterocycles. The number of urea groups is 1. The standard InChI is InChI=1S/C20H15F3N4O2/c1-20(16-10-13(22)5-6-17(16)23)18(28)26(19(29)24-20)11-14-7-8-27(25-14)15-4-2-3-12(21)9-15/h2-10H,11H2,1H3,(H,24,29). The van der Waals surface area contributed by atoms with Gasteiger partial charge in [0.05, 0.1) is 17.9 Å². The van der Waals surface area contributed by atoms with E-state index in [1.807, 2.05) is 0 Å². The van der Waals surface area contributed by atoms with Crippen molar-refractivity contribution in [3.8, 4) is 5.69 Å². The van der Waals surface area contributed by atoms with Gasteiger partial charge in [-0.3, -0.25) is 9.69 Å². The number of aromatic nitrogens is 2. The lowest BCUT2D eigenvalue weighted by Gasteiger charge is -2.22. The Morgan fingerprint density at radius 2 is 1.79 bits per heavy atom. The number of carbonyl (C=O) groups is 2. The number of rotatable bonds is 4. The van der Waals surface area contributed by atoms with Crippen LogP contribution in [0, 0.1) is 17.5 Å². The van der Waals surface area contributed by atoms with Crippen molar-refractivity contribution >= 4 is 11.9 Å². The predicted octanol–water partition coefficient (Wildman–Crippen LogP) is 3.26. The van der Waals surface area contributed by atoms with Gasteiger partial charge in [0.25, 0.3) is 5.91 Å². The van der Waals surface area contributed by atoms with E-state index in [1.165, 1.54) is 29.8 Å². The number of halogens is 3. The molecule has 1 aromatic heterocycles. The summed E-state index contributed by atoms with van der Waals surface area (Å²) in [6.07, 6.45) is 1.56. The Labute approximate surface area is 163 Å². The molecule has 0 aliphatic carbocycles. The van der Waals surface area contributed by atoms with Crippen LogP contribution >= 0.6 is 0 Å². The lowest BCUT2D eigenvalue weighted by molar-refractivity contribution is -0.131. The third kappa shape index (κ3) is 3.24. The summed E-state index contributed by atoms with van der Waals surface area (Å²) >= 11 is 0. The molecule has 3 aromatic rings. The summed E-state index contributed by atoms with van der Waals surface area (Å²) in [4.78, 5) is 26.2. The average Bonchev–Trinajstić information content (AvgIpc) is 3.23. The molecule has 1 aliphatic rings. The van der Waals surface area contributed by atoms with Crippen molar-refractivity contribution < 1.29 is 22.8 Å². The Bertz CT molecular complexity index is 1130. The minimum Gasteiger partial charge on any atom is -0.319 e. The number of hydrogen-bond acceptors (Lipinski definition) is 3. The van der Waals surface area contributed by atoms with Gasteiger partial charge in [-0.25, -0.2) is 22.6 Å². The van der Waals surface area contributed by atoms with Crippen LogP contribution in [0.2, 0.25) is 0 Å². The molecule has 3 amide bonds. The Morgan fingerprint density at radius 1 is 1.03 bits per heavy atom. The molecule has 1 atom stereocenters. The molecule has 4 rings (SSSR count). The number of nitrogens with one attached hydrogen (secondary N) is 1. The minimum absolute atomic E-state index is 0.181. The highest BCUT2D eigenvalue weighted by atomic mass is 19.1. The van der Waals surface area contributed by atoms with Crippen molar-refractivity contribution in [2.24, 2.45) is 0 Å². The van der Waals surface area contributed by atoms with Crippen molar-refractivity contribution in [3.63, 3.8) is 0 Å². The van der Waals surface area contributed by atoms with Gasteiger partial charge in [-0.05, 0) is 49.4 Å². The molecule has 0 radical (unpaired) electrons. The molecule has 9 heteroatoms.